The van der Waals surface area contributed by atoms with Crippen LogP contribution in [0, 0.1) is 0 Å². The lowest BCUT2D eigenvalue weighted by molar-refractivity contribution is 0.428. The third-order valence-corrected chi connectivity index (χ3v) is 3.29. The van der Waals surface area contributed by atoms with Crippen LogP contribution in [0.1, 0.15) is 39.2 Å². The molecule has 0 saturated carbocycles. The molecule has 0 bridgehead atoms. The fraction of sp³-hybridized carbons (Fsp3) is 0.571. The van der Waals surface area contributed by atoms with Crippen molar-refractivity contribution < 1.29 is 0 Å². The summed E-state index contributed by atoms with van der Waals surface area (Å²) in [5.41, 5.74) is 1.42. The van der Waals surface area contributed by atoms with Gasteiger partial charge in [0.15, 0.2) is 0 Å². The van der Waals surface area contributed by atoms with E-state index in [4.69, 9.17) is 0 Å². The minimum Gasteiger partial charge on any atom is -0.312 e. The zero-order chi connectivity index (χ0) is 12.0. The molecule has 0 amide bonds. The molecule has 1 atom stereocenters. The van der Waals surface area contributed by atoms with Crippen molar-refractivity contribution in [1.29, 1.82) is 0 Å². The second-order valence-corrected chi connectivity index (χ2v) is 5.51. The molecule has 2 heteroatoms. The minimum atomic E-state index is 0.579. The molecule has 0 fully saturated rings. The lowest BCUT2D eigenvalue weighted by atomic mass is 10.0. The molecule has 16 heavy (non-hydrogen) atoms. The van der Waals surface area contributed by atoms with E-state index < -0.39 is 0 Å². The van der Waals surface area contributed by atoms with Crippen molar-refractivity contribution in [3.05, 3.63) is 34.3 Å². The van der Waals surface area contributed by atoms with E-state index in [2.05, 4.69) is 66.3 Å². The highest BCUT2D eigenvalue weighted by Crippen LogP contribution is 2.13. The maximum atomic E-state index is 3.60. The van der Waals surface area contributed by atoms with Crippen LogP contribution in [0.3, 0.4) is 0 Å². The average Bonchev–Trinajstić information content (AvgIpc) is 2.26. The van der Waals surface area contributed by atoms with Crippen LogP contribution in [0.15, 0.2) is 28.7 Å². The summed E-state index contributed by atoms with van der Waals surface area (Å²) in [6, 6.07) is 9.86. The van der Waals surface area contributed by atoms with E-state index >= 15 is 0 Å². The van der Waals surface area contributed by atoms with Crippen LogP contribution >= 0.6 is 15.9 Å². The Labute approximate surface area is 108 Å². The van der Waals surface area contributed by atoms with Gasteiger partial charge in [-0.2, -0.15) is 0 Å². The third-order valence-electron chi connectivity index (χ3n) is 2.76. The van der Waals surface area contributed by atoms with Gasteiger partial charge in [0, 0.05) is 16.6 Å². The first-order chi connectivity index (χ1) is 7.61. The Kier molecular flexibility index (Phi) is 6.07. The quantitative estimate of drug-likeness (QED) is 0.827. The Morgan fingerprint density at radius 3 is 2.31 bits per heavy atom. The highest BCUT2D eigenvalue weighted by molar-refractivity contribution is 9.10. The Morgan fingerprint density at radius 1 is 1.19 bits per heavy atom. The summed E-state index contributed by atoms with van der Waals surface area (Å²) in [6.07, 6.45) is 3.58. The van der Waals surface area contributed by atoms with E-state index in [1.54, 1.807) is 0 Å². The zero-order valence-corrected chi connectivity index (χ0v) is 12.0. The van der Waals surface area contributed by atoms with E-state index in [-0.39, 0.29) is 0 Å². The molecule has 0 aliphatic rings. The molecule has 1 N–H and O–H groups in total. The normalized spacial score (nSPS) is 13.1. The fourth-order valence-corrected chi connectivity index (χ4v) is 2.13. The summed E-state index contributed by atoms with van der Waals surface area (Å²) in [5, 5.41) is 3.60. The maximum absolute atomic E-state index is 3.60. The largest absolute Gasteiger partial charge is 0.312 e. The summed E-state index contributed by atoms with van der Waals surface area (Å²) < 4.78 is 1.16. The first kappa shape index (κ1) is 13.7. The Balaban J connectivity index is 2.40. The number of halogens is 1. The van der Waals surface area contributed by atoms with Crippen molar-refractivity contribution in [1.82, 2.24) is 5.32 Å². The number of hydrogen-bond donors (Lipinski definition) is 1. The highest BCUT2D eigenvalue weighted by Gasteiger charge is 2.07. The molecular weight excluding hydrogens is 262 g/mol. The molecule has 1 unspecified atom stereocenters. The minimum absolute atomic E-state index is 0.579. The van der Waals surface area contributed by atoms with Gasteiger partial charge < -0.3 is 5.32 Å². The Bertz CT molecular complexity index is 292. The highest BCUT2D eigenvalue weighted by atomic mass is 79.9. The monoisotopic (exact) mass is 283 g/mol. The number of aryl methyl sites for hydroxylation is 1. The molecule has 90 valence electrons. The predicted molar refractivity (Wildman–Crippen MR) is 74.8 cm³/mol. The summed E-state index contributed by atoms with van der Waals surface area (Å²) in [6.45, 7) is 6.67. The van der Waals surface area contributed by atoms with Crippen LogP contribution < -0.4 is 5.32 Å². The van der Waals surface area contributed by atoms with Gasteiger partial charge in [0.25, 0.3) is 0 Å². The van der Waals surface area contributed by atoms with Gasteiger partial charge in [-0.05, 0) is 37.0 Å². The molecule has 0 saturated heterocycles. The molecule has 1 aromatic rings. The van der Waals surface area contributed by atoms with Crippen molar-refractivity contribution in [2.45, 2.75) is 52.1 Å². The fourth-order valence-electron chi connectivity index (χ4n) is 1.87. The van der Waals surface area contributed by atoms with Crippen LogP contribution in [0.2, 0.25) is 0 Å². The first-order valence-corrected chi connectivity index (χ1v) is 6.91. The van der Waals surface area contributed by atoms with Crippen LogP contribution in [0.25, 0.3) is 0 Å². The topological polar surface area (TPSA) is 12.0 Å². The Morgan fingerprint density at radius 2 is 1.81 bits per heavy atom. The third kappa shape index (κ3) is 5.13. The van der Waals surface area contributed by atoms with Crippen molar-refractivity contribution in [3.8, 4) is 0 Å². The maximum Gasteiger partial charge on any atom is 0.0175 e. The standard InChI is InChI=1S/C14H22BrN/c1-4-14(16-11(2)3)10-7-12-5-8-13(15)9-6-12/h5-6,8-9,11,14,16H,4,7,10H2,1-3H3. The van der Waals surface area contributed by atoms with Crippen molar-refractivity contribution in [2.24, 2.45) is 0 Å². The average molecular weight is 284 g/mol. The molecule has 0 aliphatic heterocycles. The number of nitrogens with one attached hydrogen (secondary N) is 1. The van der Waals surface area contributed by atoms with Crippen molar-refractivity contribution >= 4 is 15.9 Å². The first-order valence-electron chi connectivity index (χ1n) is 6.12. The lowest BCUT2D eigenvalue weighted by Gasteiger charge is -2.19. The molecule has 0 heterocycles. The molecular formula is C14H22BrN. The van der Waals surface area contributed by atoms with Crippen LogP contribution in [-0.4, -0.2) is 12.1 Å². The molecule has 0 radical (unpaired) electrons. The van der Waals surface area contributed by atoms with Crippen molar-refractivity contribution in [2.75, 3.05) is 0 Å². The number of rotatable bonds is 6. The Hall–Kier alpha value is -0.340. The summed E-state index contributed by atoms with van der Waals surface area (Å²) in [7, 11) is 0. The van der Waals surface area contributed by atoms with E-state index in [1.807, 2.05) is 0 Å². The SMILES string of the molecule is CCC(CCc1ccc(Br)cc1)NC(C)C. The summed E-state index contributed by atoms with van der Waals surface area (Å²) >= 11 is 3.46. The van der Waals surface area contributed by atoms with Gasteiger partial charge in [0.2, 0.25) is 0 Å². The molecule has 0 spiro atoms. The van der Waals surface area contributed by atoms with Gasteiger partial charge in [0.05, 0.1) is 0 Å². The molecule has 1 rings (SSSR count). The van der Waals surface area contributed by atoms with E-state index in [0.717, 1.165) is 10.9 Å². The molecule has 1 nitrogen and oxygen atoms in total. The van der Waals surface area contributed by atoms with Gasteiger partial charge in [-0.3, -0.25) is 0 Å². The molecule has 0 aliphatic carbocycles. The van der Waals surface area contributed by atoms with Gasteiger partial charge >= 0.3 is 0 Å². The molecule has 1 aromatic carbocycles. The van der Waals surface area contributed by atoms with Crippen LogP contribution in [0.5, 0.6) is 0 Å². The van der Waals surface area contributed by atoms with E-state index in [9.17, 15) is 0 Å². The van der Waals surface area contributed by atoms with Crippen molar-refractivity contribution in [3.63, 3.8) is 0 Å². The van der Waals surface area contributed by atoms with Gasteiger partial charge in [-0.1, -0.05) is 48.8 Å². The predicted octanol–water partition coefficient (Wildman–Crippen LogP) is 4.16. The van der Waals surface area contributed by atoms with E-state index in [0.29, 0.717) is 12.1 Å². The second kappa shape index (κ2) is 7.08. The van der Waals surface area contributed by atoms with E-state index in [1.165, 1.54) is 18.4 Å². The molecule has 0 aromatic heterocycles. The summed E-state index contributed by atoms with van der Waals surface area (Å²) in [4.78, 5) is 0. The lowest BCUT2D eigenvalue weighted by Crippen LogP contribution is -2.34. The van der Waals surface area contributed by atoms with Crippen LogP contribution in [0.4, 0.5) is 0 Å². The van der Waals surface area contributed by atoms with Gasteiger partial charge in [-0.15, -0.1) is 0 Å². The number of benzene rings is 1. The number of hydrogen-bond acceptors (Lipinski definition) is 1. The van der Waals surface area contributed by atoms with Crippen LogP contribution in [-0.2, 0) is 6.42 Å². The zero-order valence-electron chi connectivity index (χ0n) is 10.5. The van der Waals surface area contributed by atoms with Gasteiger partial charge in [-0.25, -0.2) is 0 Å². The second-order valence-electron chi connectivity index (χ2n) is 4.59. The van der Waals surface area contributed by atoms with Gasteiger partial charge in [0.1, 0.15) is 0 Å². The summed E-state index contributed by atoms with van der Waals surface area (Å²) in [5.74, 6) is 0. The smallest absolute Gasteiger partial charge is 0.0175 e.